The second kappa shape index (κ2) is 8.62. The number of aryl methyl sites for hydroxylation is 1. The van der Waals surface area contributed by atoms with E-state index in [0.29, 0.717) is 0 Å². The summed E-state index contributed by atoms with van der Waals surface area (Å²) in [6, 6.07) is 6.17. The minimum Gasteiger partial charge on any atom is -0.327 e. The highest BCUT2D eigenvalue weighted by molar-refractivity contribution is 5.94. The summed E-state index contributed by atoms with van der Waals surface area (Å²) in [5.41, 5.74) is 3.00. The largest absolute Gasteiger partial charge is 0.327 e. The fraction of sp³-hybridized carbons (Fsp3) is 0.636. The summed E-state index contributed by atoms with van der Waals surface area (Å²) in [5.74, 6) is 1.47. The lowest BCUT2D eigenvalue weighted by Crippen LogP contribution is -2.44. The van der Waals surface area contributed by atoms with Crippen LogP contribution in [0.4, 0.5) is 5.69 Å². The molecule has 0 bridgehead atoms. The molecule has 2 aliphatic rings. The second-order valence-corrected chi connectivity index (χ2v) is 8.38. The molecule has 1 aromatic heterocycles. The quantitative estimate of drug-likeness (QED) is 0.861. The Morgan fingerprint density at radius 3 is 2.61 bits per heavy atom. The molecule has 0 radical (unpaired) electrons. The number of hydrogen-bond acceptors (Lipinski definition) is 4. The van der Waals surface area contributed by atoms with Gasteiger partial charge in [-0.15, -0.1) is 0 Å². The highest BCUT2D eigenvalue weighted by Gasteiger charge is 2.22. The van der Waals surface area contributed by atoms with E-state index >= 15 is 0 Å². The average molecular weight is 384 g/mol. The maximum absolute atomic E-state index is 12.6. The van der Waals surface area contributed by atoms with Gasteiger partial charge in [0.05, 0.1) is 17.6 Å². The van der Waals surface area contributed by atoms with Crippen LogP contribution in [0.2, 0.25) is 0 Å². The SMILES string of the molecule is CCn1c(CN2CCN(C)CC2)nc2cc(NC(=O)C3CCCCC3)ccc21. The first-order valence-corrected chi connectivity index (χ1v) is 10.8. The van der Waals surface area contributed by atoms with Gasteiger partial charge in [0.15, 0.2) is 0 Å². The molecule has 2 heterocycles. The number of piperazine rings is 1. The van der Waals surface area contributed by atoms with Gasteiger partial charge in [0.25, 0.3) is 0 Å². The summed E-state index contributed by atoms with van der Waals surface area (Å²) < 4.78 is 2.31. The van der Waals surface area contributed by atoms with E-state index in [9.17, 15) is 4.79 Å². The van der Waals surface area contributed by atoms with Crippen molar-refractivity contribution in [3.63, 3.8) is 0 Å². The number of benzene rings is 1. The van der Waals surface area contributed by atoms with Crippen molar-refractivity contribution in [2.45, 2.75) is 52.1 Å². The van der Waals surface area contributed by atoms with Crippen molar-refractivity contribution in [1.29, 1.82) is 0 Å². The van der Waals surface area contributed by atoms with Crippen LogP contribution in [0.3, 0.4) is 0 Å². The molecule has 28 heavy (non-hydrogen) atoms. The van der Waals surface area contributed by atoms with Crippen LogP contribution in [0, 0.1) is 5.92 Å². The van der Waals surface area contributed by atoms with Gasteiger partial charge in [-0.3, -0.25) is 9.69 Å². The monoisotopic (exact) mass is 383 g/mol. The van der Waals surface area contributed by atoms with Gasteiger partial charge in [0.2, 0.25) is 5.91 Å². The summed E-state index contributed by atoms with van der Waals surface area (Å²) in [4.78, 5) is 22.4. The number of carbonyl (C=O) groups excluding carboxylic acids is 1. The van der Waals surface area contributed by atoms with E-state index in [1.165, 1.54) is 19.3 Å². The number of rotatable bonds is 5. The number of carbonyl (C=O) groups is 1. The van der Waals surface area contributed by atoms with Crippen LogP contribution < -0.4 is 5.32 Å². The smallest absolute Gasteiger partial charge is 0.227 e. The predicted octanol–water partition coefficient (Wildman–Crippen LogP) is 3.32. The molecular weight excluding hydrogens is 350 g/mol. The number of hydrogen-bond donors (Lipinski definition) is 1. The number of likely N-dealkylation sites (N-methyl/N-ethyl adjacent to an activating group) is 1. The van der Waals surface area contributed by atoms with Crippen molar-refractivity contribution in [2.75, 3.05) is 38.5 Å². The molecule has 0 unspecified atom stereocenters. The standard InChI is InChI=1S/C22H33N5O/c1-3-27-20-10-9-18(23-22(28)17-7-5-4-6-8-17)15-19(20)24-21(27)16-26-13-11-25(2)12-14-26/h9-10,15,17H,3-8,11-14,16H2,1-2H3,(H,23,28). The second-order valence-electron chi connectivity index (χ2n) is 8.38. The maximum atomic E-state index is 12.6. The number of amides is 1. The molecule has 1 amide bonds. The van der Waals surface area contributed by atoms with Crippen LogP contribution in [0.25, 0.3) is 11.0 Å². The minimum atomic E-state index is 0.172. The summed E-state index contributed by atoms with van der Waals surface area (Å²) >= 11 is 0. The van der Waals surface area contributed by atoms with E-state index in [0.717, 1.165) is 74.7 Å². The highest BCUT2D eigenvalue weighted by atomic mass is 16.1. The van der Waals surface area contributed by atoms with Crippen LogP contribution in [0.15, 0.2) is 18.2 Å². The van der Waals surface area contributed by atoms with Crippen molar-refractivity contribution in [2.24, 2.45) is 5.92 Å². The van der Waals surface area contributed by atoms with Crippen molar-refractivity contribution in [3.05, 3.63) is 24.0 Å². The van der Waals surface area contributed by atoms with Crippen LogP contribution in [-0.2, 0) is 17.9 Å². The van der Waals surface area contributed by atoms with Gasteiger partial charge in [-0.1, -0.05) is 19.3 Å². The molecule has 1 aliphatic heterocycles. The van der Waals surface area contributed by atoms with Gasteiger partial charge in [-0.2, -0.15) is 0 Å². The Morgan fingerprint density at radius 2 is 1.89 bits per heavy atom. The molecule has 1 N–H and O–H groups in total. The van der Waals surface area contributed by atoms with Gasteiger partial charge >= 0.3 is 0 Å². The van der Waals surface area contributed by atoms with Crippen molar-refractivity contribution in [1.82, 2.24) is 19.4 Å². The lowest BCUT2D eigenvalue weighted by Gasteiger charge is -2.32. The van der Waals surface area contributed by atoms with Crippen LogP contribution in [-0.4, -0.2) is 58.5 Å². The lowest BCUT2D eigenvalue weighted by molar-refractivity contribution is -0.120. The average Bonchev–Trinajstić information content (AvgIpc) is 3.06. The first kappa shape index (κ1) is 19.4. The van der Waals surface area contributed by atoms with Crippen molar-refractivity contribution >= 4 is 22.6 Å². The van der Waals surface area contributed by atoms with E-state index < -0.39 is 0 Å². The Balaban J connectivity index is 1.50. The van der Waals surface area contributed by atoms with Crippen LogP contribution >= 0.6 is 0 Å². The first-order chi connectivity index (χ1) is 13.6. The summed E-state index contributed by atoms with van der Waals surface area (Å²) in [6.45, 7) is 8.38. The molecular formula is C22H33N5O. The third-order valence-electron chi connectivity index (χ3n) is 6.35. The summed E-state index contributed by atoms with van der Waals surface area (Å²) in [5, 5.41) is 3.13. The van der Waals surface area contributed by atoms with Crippen molar-refractivity contribution in [3.8, 4) is 0 Å². The molecule has 1 aromatic carbocycles. The highest BCUT2D eigenvalue weighted by Crippen LogP contribution is 2.26. The molecule has 6 heteroatoms. The van der Waals surface area contributed by atoms with Gasteiger partial charge in [-0.25, -0.2) is 4.98 Å². The van der Waals surface area contributed by atoms with Gasteiger partial charge in [0.1, 0.15) is 5.82 Å². The Labute approximate surface area is 167 Å². The van der Waals surface area contributed by atoms with E-state index in [-0.39, 0.29) is 11.8 Å². The zero-order valence-corrected chi connectivity index (χ0v) is 17.3. The minimum absolute atomic E-state index is 0.172. The fourth-order valence-electron chi connectivity index (χ4n) is 4.55. The zero-order chi connectivity index (χ0) is 19.5. The van der Waals surface area contributed by atoms with E-state index in [2.05, 4.69) is 39.7 Å². The molecule has 1 saturated carbocycles. The van der Waals surface area contributed by atoms with Gasteiger partial charge in [0, 0.05) is 44.3 Å². The van der Waals surface area contributed by atoms with Crippen molar-refractivity contribution < 1.29 is 4.79 Å². The van der Waals surface area contributed by atoms with E-state index in [1.54, 1.807) is 0 Å². The molecule has 1 aliphatic carbocycles. The van der Waals surface area contributed by atoms with E-state index in [1.807, 2.05) is 12.1 Å². The summed E-state index contributed by atoms with van der Waals surface area (Å²) in [7, 11) is 2.18. The van der Waals surface area contributed by atoms with Crippen LogP contribution in [0.5, 0.6) is 0 Å². The normalized spacial score (nSPS) is 19.9. The molecule has 4 rings (SSSR count). The topological polar surface area (TPSA) is 53.4 Å². The number of anilines is 1. The fourth-order valence-corrected chi connectivity index (χ4v) is 4.55. The summed E-state index contributed by atoms with van der Waals surface area (Å²) in [6.07, 6.45) is 5.66. The molecule has 0 atom stereocenters. The van der Waals surface area contributed by atoms with E-state index in [4.69, 9.17) is 4.98 Å². The predicted molar refractivity (Wildman–Crippen MR) is 113 cm³/mol. The maximum Gasteiger partial charge on any atom is 0.227 e. The van der Waals surface area contributed by atoms with Crippen LogP contribution in [0.1, 0.15) is 44.9 Å². The number of nitrogens with zero attached hydrogens (tertiary/aromatic N) is 4. The number of imidazole rings is 1. The number of aromatic nitrogens is 2. The number of nitrogens with one attached hydrogen (secondary N) is 1. The molecule has 1 saturated heterocycles. The van der Waals surface area contributed by atoms with Gasteiger partial charge < -0.3 is 14.8 Å². The molecule has 6 nitrogen and oxygen atoms in total. The lowest BCUT2D eigenvalue weighted by atomic mass is 9.88. The van der Waals surface area contributed by atoms with Gasteiger partial charge in [-0.05, 0) is 45.0 Å². The first-order valence-electron chi connectivity index (χ1n) is 10.8. The molecule has 2 aromatic rings. The molecule has 152 valence electrons. The third-order valence-corrected chi connectivity index (χ3v) is 6.35. The Morgan fingerprint density at radius 1 is 1.14 bits per heavy atom. The Bertz CT molecular complexity index is 816. The third kappa shape index (κ3) is 4.23. The molecule has 0 spiro atoms. The number of fused-ring (bicyclic) bond motifs is 1. The molecule has 2 fully saturated rings. The Kier molecular flexibility index (Phi) is 5.97. The zero-order valence-electron chi connectivity index (χ0n) is 17.3. The Hall–Kier alpha value is -1.92.